The van der Waals surface area contributed by atoms with Gasteiger partial charge in [-0.3, -0.25) is 9.59 Å². The second-order valence-electron chi connectivity index (χ2n) is 10.8. The van der Waals surface area contributed by atoms with Gasteiger partial charge in [-0.15, -0.1) is 0 Å². The Morgan fingerprint density at radius 1 is 0.972 bits per heavy atom. The zero-order valence-corrected chi connectivity index (χ0v) is 21.3. The highest BCUT2D eigenvalue weighted by Gasteiger charge is 2.45. The molecule has 6 heteroatoms. The lowest BCUT2D eigenvalue weighted by Crippen LogP contribution is -2.31. The van der Waals surface area contributed by atoms with Crippen molar-refractivity contribution in [2.75, 3.05) is 37.6 Å². The van der Waals surface area contributed by atoms with Gasteiger partial charge in [0.15, 0.2) is 0 Å². The number of carbonyl (C=O) groups excluding carboxylic acids is 2. The number of hydrogen-bond donors (Lipinski definition) is 1. The van der Waals surface area contributed by atoms with E-state index in [0.29, 0.717) is 35.5 Å². The molecule has 5 nitrogen and oxygen atoms in total. The lowest BCUT2D eigenvalue weighted by Gasteiger charge is -2.24. The van der Waals surface area contributed by atoms with Gasteiger partial charge in [0, 0.05) is 53.7 Å². The highest BCUT2D eigenvalue weighted by atomic mass is 35.5. The van der Waals surface area contributed by atoms with Crippen molar-refractivity contribution in [3.05, 3.63) is 76.8 Å². The molecule has 0 bridgehead atoms. The maximum absolute atomic E-state index is 12.8. The Morgan fingerprint density at radius 2 is 1.72 bits per heavy atom. The van der Waals surface area contributed by atoms with Gasteiger partial charge in [0.2, 0.25) is 5.91 Å². The molecule has 3 aliphatic rings. The summed E-state index contributed by atoms with van der Waals surface area (Å²) in [5, 5.41) is 5.66. The standard InChI is InChI=1S/C30H32ClN3O2/c31-26-8-5-22-3-4-23(16-24(22)17-26)29(36)32-18-21-15-28(35)34(19-21)27-9-6-25(7-10-27)30(11-12-30)20-33-13-1-2-14-33/h3-10,16-17,21H,1-2,11-15,18-20H2,(H,32,36). The Balaban J connectivity index is 1.06. The van der Waals surface area contributed by atoms with Gasteiger partial charge in [0.05, 0.1) is 0 Å². The number of nitrogens with zero attached hydrogens (tertiary/aromatic N) is 2. The molecular formula is C30H32ClN3O2. The number of fused-ring (bicyclic) bond motifs is 1. The fraction of sp³-hybridized carbons (Fsp3) is 0.400. The van der Waals surface area contributed by atoms with Crippen LogP contribution in [0.5, 0.6) is 0 Å². The second kappa shape index (κ2) is 9.53. The predicted molar refractivity (Wildman–Crippen MR) is 145 cm³/mol. The van der Waals surface area contributed by atoms with Crippen molar-refractivity contribution in [2.45, 2.75) is 37.5 Å². The molecule has 1 atom stereocenters. The fourth-order valence-electron chi connectivity index (χ4n) is 5.92. The van der Waals surface area contributed by atoms with Crippen LogP contribution in [0, 0.1) is 5.92 Å². The molecule has 0 radical (unpaired) electrons. The molecule has 186 valence electrons. The average molecular weight is 502 g/mol. The van der Waals surface area contributed by atoms with Crippen molar-refractivity contribution in [1.82, 2.24) is 10.2 Å². The Bertz CT molecular complexity index is 1300. The molecular weight excluding hydrogens is 470 g/mol. The van der Waals surface area contributed by atoms with Crippen molar-refractivity contribution in [2.24, 2.45) is 5.92 Å². The molecule has 3 fully saturated rings. The van der Waals surface area contributed by atoms with Crippen LogP contribution in [-0.2, 0) is 10.2 Å². The summed E-state index contributed by atoms with van der Waals surface area (Å²) in [6, 6.07) is 20.0. The van der Waals surface area contributed by atoms with Crippen molar-refractivity contribution < 1.29 is 9.59 Å². The SMILES string of the molecule is O=C(NCC1CC(=O)N(c2ccc(C3(CN4CCCC4)CC3)cc2)C1)c1ccc2ccc(Cl)cc2c1. The van der Waals surface area contributed by atoms with Crippen LogP contribution in [-0.4, -0.2) is 49.4 Å². The number of carbonyl (C=O) groups is 2. The van der Waals surface area contributed by atoms with E-state index in [1.165, 1.54) is 50.9 Å². The summed E-state index contributed by atoms with van der Waals surface area (Å²) in [4.78, 5) is 30.1. The molecule has 2 heterocycles. The molecule has 2 saturated heterocycles. The van der Waals surface area contributed by atoms with Gasteiger partial charge in [-0.25, -0.2) is 0 Å². The number of likely N-dealkylation sites (tertiary alicyclic amines) is 1. The summed E-state index contributed by atoms with van der Waals surface area (Å²) in [6.45, 7) is 4.74. The first-order valence-electron chi connectivity index (χ1n) is 13.1. The average Bonchev–Trinajstić information content (AvgIpc) is 3.29. The molecule has 3 aromatic rings. The van der Waals surface area contributed by atoms with Gasteiger partial charge in [-0.2, -0.15) is 0 Å². The van der Waals surface area contributed by atoms with Crippen molar-refractivity contribution in [1.29, 1.82) is 0 Å². The maximum atomic E-state index is 12.8. The van der Waals surface area contributed by atoms with Gasteiger partial charge in [0.25, 0.3) is 5.91 Å². The number of hydrogen-bond acceptors (Lipinski definition) is 3. The largest absolute Gasteiger partial charge is 0.352 e. The summed E-state index contributed by atoms with van der Waals surface area (Å²) in [5.41, 5.74) is 3.29. The minimum atomic E-state index is -0.125. The molecule has 1 unspecified atom stereocenters. The third-order valence-corrected chi connectivity index (χ3v) is 8.43. The van der Waals surface area contributed by atoms with E-state index in [1.54, 1.807) is 0 Å². The minimum absolute atomic E-state index is 0.0981. The molecule has 0 aromatic heterocycles. The first kappa shape index (κ1) is 23.5. The Kier molecular flexibility index (Phi) is 6.22. The van der Waals surface area contributed by atoms with Crippen LogP contribution in [0.2, 0.25) is 5.02 Å². The zero-order valence-electron chi connectivity index (χ0n) is 20.5. The summed E-state index contributed by atoms with van der Waals surface area (Å²) in [6.07, 6.45) is 5.62. The van der Waals surface area contributed by atoms with E-state index in [-0.39, 0.29) is 17.7 Å². The zero-order chi connectivity index (χ0) is 24.7. The van der Waals surface area contributed by atoms with Crippen LogP contribution in [0.4, 0.5) is 5.69 Å². The van der Waals surface area contributed by atoms with E-state index in [1.807, 2.05) is 41.3 Å². The van der Waals surface area contributed by atoms with Gasteiger partial charge >= 0.3 is 0 Å². The van der Waals surface area contributed by atoms with E-state index in [4.69, 9.17) is 11.6 Å². The third-order valence-electron chi connectivity index (χ3n) is 8.19. The van der Waals surface area contributed by atoms with E-state index in [2.05, 4.69) is 34.5 Å². The van der Waals surface area contributed by atoms with Gasteiger partial charge in [0.1, 0.15) is 0 Å². The lowest BCUT2D eigenvalue weighted by molar-refractivity contribution is -0.117. The van der Waals surface area contributed by atoms with Crippen molar-refractivity contribution in [3.63, 3.8) is 0 Å². The van der Waals surface area contributed by atoms with E-state index < -0.39 is 0 Å². The molecule has 1 saturated carbocycles. The number of rotatable bonds is 7. The molecule has 6 rings (SSSR count). The highest BCUT2D eigenvalue weighted by Crippen LogP contribution is 2.49. The van der Waals surface area contributed by atoms with E-state index >= 15 is 0 Å². The molecule has 3 aromatic carbocycles. The van der Waals surface area contributed by atoms with E-state index in [9.17, 15) is 9.59 Å². The van der Waals surface area contributed by atoms with Crippen molar-refractivity contribution >= 4 is 39.9 Å². The second-order valence-corrected chi connectivity index (χ2v) is 11.2. The molecule has 2 amide bonds. The monoisotopic (exact) mass is 501 g/mol. The maximum Gasteiger partial charge on any atom is 0.251 e. The van der Waals surface area contributed by atoms with Gasteiger partial charge in [-0.05, 0) is 91.5 Å². The van der Waals surface area contributed by atoms with Crippen molar-refractivity contribution in [3.8, 4) is 0 Å². The van der Waals surface area contributed by atoms with Crippen LogP contribution in [0.25, 0.3) is 10.8 Å². The molecule has 36 heavy (non-hydrogen) atoms. The molecule has 2 aliphatic heterocycles. The van der Waals surface area contributed by atoms with Crippen LogP contribution in [0.15, 0.2) is 60.7 Å². The molecule has 1 N–H and O–H groups in total. The predicted octanol–water partition coefficient (Wildman–Crippen LogP) is 5.40. The normalized spacial score (nSPS) is 21.3. The quantitative estimate of drug-likeness (QED) is 0.471. The summed E-state index contributed by atoms with van der Waals surface area (Å²) >= 11 is 6.10. The topological polar surface area (TPSA) is 52.7 Å². The number of halogens is 1. The van der Waals surface area contributed by atoms with Gasteiger partial charge < -0.3 is 15.1 Å². The van der Waals surface area contributed by atoms with Crippen LogP contribution in [0.3, 0.4) is 0 Å². The Labute approximate surface area is 217 Å². The number of anilines is 1. The summed E-state index contributed by atoms with van der Waals surface area (Å²) in [7, 11) is 0. The number of amides is 2. The van der Waals surface area contributed by atoms with Crippen LogP contribution in [0.1, 0.15) is 48.0 Å². The van der Waals surface area contributed by atoms with Crippen LogP contribution < -0.4 is 10.2 Å². The lowest BCUT2D eigenvalue weighted by atomic mass is 9.95. The van der Waals surface area contributed by atoms with E-state index in [0.717, 1.165) is 16.5 Å². The number of benzene rings is 3. The Morgan fingerprint density at radius 3 is 2.47 bits per heavy atom. The number of nitrogens with one attached hydrogen (secondary N) is 1. The van der Waals surface area contributed by atoms with Crippen LogP contribution >= 0.6 is 11.6 Å². The summed E-state index contributed by atoms with van der Waals surface area (Å²) in [5.74, 6) is 0.0985. The highest BCUT2D eigenvalue weighted by molar-refractivity contribution is 6.31. The first-order valence-corrected chi connectivity index (χ1v) is 13.5. The first-order chi connectivity index (χ1) is 17.5. The minimum Gasteiger partial charge on any atom is -0.352 e. The summed E-state index contributed by atoms with van der Waals surface area (Å²) < 4.78 is 0. The molecule has 1 aliphatic carbocycles. The fourth-order valence-corrected chi connectivity index (χ4v) is 6.10. The Hall–Kier alpha value is -2.89. The smallest absolute Gasteiger partial charge is 0.251 e. The molecule has 0 spiro atoms. The van der Waals surface area contributed by atoms with Gasteiger partial charge in [-0.1, -0.05) is 35.9 Å². The third kappa shape index (κ3) is 4.74.